The molecule has 0 amide bonds. The van der Waals surface area contributed by atoms with Gasteiger partial charge in [0, 0.05) is 11.8 Å². The third-order valence-electron chi connectivity index (χ3n) is 3.74. The molecule has 0 heterocycles. The highest BCUT2D eigenvalue weighted by Crippen LogP contribution is 2.46. The van der Waals surface area contributed by atoms with E-state index in [9.17, 15) is 5.11 Å². The van der Waals surface area contributed by atoms with Crippen LogP contribution < -0.4 is 0 Å². The normalized spacial score (nSPS) is 35.3. The van der Waals surface area contributed by atoms with E-state index in [1.54, 1.807) is 0 Å². The fourth-order valence-corrected chi connectivity index (χ4v) is 2.60. The molecule has 1 N–H and O–H groups in total. The van der Waals surface area contributed by atoms with Gasteiger partial charge in [-0.25, -0.2) is 0 Å². The molecular formula is C13H20O2. The second-order valence-corrected chi connectivity index (χ2v) is 4.71. The first-order valence-electron chi connectivity index (χ1n) is 5.89. The summed E-state index contributed by atoms with van der Waals surface area (Å²) >= 11 is 0. The van der Waals surface area contributed by atoms with Crippen LogP contribution in [0.3, 0.4) is 0 Å². The first kappa shape index (κ1) is 10.7. The van der Waals surface area contributed by atoms with Crippen LogP contribution in [0.2, 0.25) is 0 Å². The SMILES string of the molecule is CCOC1=CC2=CCCC(O)C2(C)CC1. The predicted octanol–water partition coefficient (Wildman–Crippen LogP) is 2.79. The Morgan fingerprint density at radius 3 is 3.13 bits per heavy atom. The summed E-state index contributed by atoms with van der Waals surface area (Å²) in [4.78, 5) is 0. The summed E-state index contributed by atoms with van der Waals surface area (Å²) in [5, 5.41) is 10.1. The van der Waals surface area contributed by atoms with Crippen molar-refractivity contribution < 1.29 is 9.84 Å². The highest BCUT2D eigenvalue weighted by molar-refractivity contribution is 5.34. The molecule has 2 nitrogen and oxygen atoms in total. The number of aliphatic hydroxyl groups excluding tert-OH is 1. The Bertz CT molecular complexity index is 304. The molecule has 0 aromatic carbocycles. The van der Waals surface area contributed by atoms with E-state index >= 15 is 0 Å². The lowest BCUT2D eigenvalue weighted by molar-refractivity contribution is 0.0379. The summed E-state index contributed by atoms with van der Waals surface area (Å²) < 4.78 is 5.55. The van der Waals surface area contributed by atoms with Crippen LogP contribution in [0, 0.1) is 5.41 Å². The zero-order chi connectivity index (χ0) is 10.9. The molecule has 0 spiro atoms. The van der Waals surface area contributed by atoms with Gasteiger partial charge < -0.3 is 9.84 Å². The van der Waals surface area contributed by atoms with Gasteiger partial charge in [-0.15, -0.1) is 0 Å². The Labute approximate surface area is 91.6 Å². The maximum absolute atomic E-state index is 10.1. The zero-order valence-electron chi connectivity index (χ0n) is 9.62. The molecule has 2 aliphatic carbocycles. The van der Waals surface area contributed by atoms with E-state index in [-0.39, 0.29) is 11.5 Å². The number of hydrogen-bond donors (Lipinski definition) is 1. The molecule has 2 heteroatoms. The fourth-order valence-electron chi connectivity index (χ4n) is 2.60. The zero-order valence-corrected chi connectivity index (χ0v) is 9.62. The van der Waals surface area contributed by atoms with Crippen molar-refractivity contribution >= 4 is 0 Å². The van der Waals surface area contributed by atoms with E-state index in [2.05, 4.69) is 19.1 Å². The standard InChI is InChI=1S/C13H20O2/c1-3-15-11-7-8-13(2)10(9-11)5-4-6-12(13)14/h5,9,12,14H,3-4,6-8H2,1-2H3. The topological polar surface area (TPSA) is 29.5 Å². The first-order valence-corrected chi connectivity index (χ1v) is 5.89. The minimum Gasteiger partial charge on any atom is -0.498 e. The van der Waals surface area contributed by atoms with Crippen molar-refractivity contribution in [1.29, 1.82) is 0 Å². The number of rotatable bonds is 2. The maximum Gasteiger partial charge on any atom is 0.0962 e. The van der Waals surface area contributed by atoms with Crippen LogP contribution in [0.25, 0.3) is 0 Å². The molecule has 2 aliphatic rings. The third kappa shape index (κ3) is 1.83. The summed E-state index contributed by atoms with van der Waals surface area (Å²) in [5.74, 6) is 1.08. The molecule has 0 saturated carbocycles. The molecule has 0 aromatic rings. The van der Waals surface area contributed by atoms with Gasteiger partial charge in [0.1, 0.15) is 0 Å². The lowest BCUT2D eigenvalue weighted by Gasteiger charge is -2.41. The molecule has 0 bridgehead atoms. The van der Waals surface area contributed by atoms with E-state index < -0.39 is 0 Å². The van der Waals surface area contributed by atoms with Crippen molar-refractivity contribution in [2.24, 2.45) is 5.41 Å². The quantitative estimate of drug-likeness (QED) is 0.756. The predicted molar refractivity (Wildman–Crippen MR) is 60.4 cm³/mol. The van der Waals surface area contributed by atoms with Gasteiger partial charge in [-0.1, -0.05) is 13.0 Å². The van der Waals surface area contributed by atoms with Gasteiger partial charge in [-0.05, 0) is 37.8 Å². The molecule has 84 valence electrons. The number of hydrogen-bond acceptors (Lipinski definition) is 2. The van der Waals surface area contributed by atoms with Crippen LogP contribution in [0.4, 0.5) is 0 Å². The van der Waals surface area contributed by atoms with Gasteiger partial charge in [-0.3, -0.25) is 0 Å². The Morgan fingerprint density at radius 2 is 2.40 bits per heavy atom. The van der Waals surface area contributed by atoms with Gasteiger partial charge in [0.15, 0.2) is 0 Å². The summed E-state index contributed by atoms with van der Waals surface area (Å²) in [6.45, 7) is 4.92. The van der Waals surface area contributed by atoms with E-state index in [1.165, 1.54) is 5.57 Å². The first-order chi connectivity index (χ1) is 7.16. The Hall–Kier alpha value is -0.760. The minimum atomic E-state index is -0.183. The van der Waals surface area contributed by atoms with Crippen molar-refractivity contribution in [3.63, 3.8) is 0 Å². The second kappa shape index (κ2) is 4.01. The smallest absolute Gasteiger partial charge is 0.0962 e. The largest absolute Gasteiger partial charge is 0.498 e. The van der Waals surface area contributed by atoms with E-state index in [4.69, 9.17) is 4.74 Å². The Morgan fingerprint density at radius 1 is 1.60 bits per heavy atom. The van der Waals surface area contributed by atoms with Crippen LogP contribution in [0.5, 0.6) is 0 Å². The van der Waals surface area contributed by atoms with Gasteiger partial charge in [0.2, 0.25) is 0 Å². The van der Waals surface area contributed by atoms with Crippen LogP contribution in [-0.4, -0.2) is 17.8 Å². The molecule has 0 aromatic heterocycles. The third-order valence-corrected chi connectivity index (χ3v) is 3.74. The molecule has 2 unspecified atom stereocenters. The van der Waals surface area contributed by atoms with Crippen LogP contribution in [0.1, 0.15) is 39.5 Å². The maximum atomic E-state index is 10.1. The number of ether oxygens (including phenoxy) is 1. The van der Waals surface area contributed by atoms with E-state index in [1.807, 2.05) is 6.92 Å². The summed E-state index contributed by atoms with van der Waals surface area (Å²) in [5.41, 5.74) is 1.25. The monoisotopic (exact) mass is 208 g/mol. The van der Waals surface area contributed by atoms with Crippen LogP contribution in [-0.2, 0) is 4.74 Å². The van der Waals surface area contributed by atoms with Crippen molar-refractivity contribution in [3.05, 3.63) is 23.5 Å². The molecule has 0 fully saturated rings. The molecule has 2 atom stereocenters. The van der Waals surface area contributed by atoms with Crippen molar-refractivity contribution in [1.82, 2.24) is 0 Å². The summed E-state index contributed by atoms with van der Waals surface area (Å²) in [7, 11) is 0. The lowest BCUT2D eigenvalue weighted by Crippen LogP contribution is -2.38. The Kier molecular flexibility index (Phi) is 2.87. The van der Waals surface area contributed by atoms with Gasteiger partial charge >= 0.3 is 0 Å². The van der Waals surface area contributed by atoms with E-state index in [0.717, 1.165) is 38.0 Å². The van der Waals surface area contributed by atoms with Crippen molar-refractivity contribution in [2.75, 3.05) is 6.61 Å². The molecular weight excluding hydrogens is 188 g/mol. The van der Waals surface area contributed by atoms with Crippen LogP contribution in [0.15, 0.2) is 23.5 Å². The van der Waals surface area contributed by atoms with Crippen LogP contribution >= 0.6 is 0 Å². The van der Waals surface area contributed by atoms with E-state index in [0.29, 0.717) is 0 Å². The van der Waals surface area contributed by atoms with Crippen molar-refractivity contribution in [2.45, 2.75) is 45.6 Å². The van der Waals surface area contributed by atoms with Gasteiger partial charge in [-0.2, -0.15) is 0 Å². The summed E-state index contributed by atoms with van der Waals surface area (Å²) in [6, 6.07) is 0. The summed E-state index contributed by atoms with van der Waals surface area (Å²) in [6.07, 6.45) is 8.06. The second-order valence-electron chi connectivity index (χ2n) is 4.71. The number of allylic oxidation sites excluding steroid dienone is 3. The molecule has 0 saturated heterocycles. The lowest BCUT2D eigenvalue weighted by atomic mass is 9.66. The average molecular weight is 208 g/mol. The average Bonchev–Trinajstić information content (AvgIpc) is 2.22. The van der Waals surface area contributed by atoms with Crippen molar-refractivity contribution in [3.8, 4) is 0 Å². The Balaban J connectivity index is 2.25. The molecule has 2 rings (SSSR count). The van der Waals surface area contributed by atoms with Gasteiger partial charge in [0.25, 0.3) is 0 Å². The fraction of sp³-hybridized carbons (Fsp3) is 0.692. The highest BCUT2D eigenvalue weighted by atomic mass is 16.5. The number of aliphatic hydroxyl groups is 1. The van der Waals surface area contributed by atoms with Gasteiger partial charge in [0.05, 0.1) is 18.5 Å². The minimum absolute atomic E-state index is 0.0289. The number of fused-ring (bicyclic) bond motifs is 1. The molecule has 0 aliphatic heterocycles. The highest BCUT2D eigenvalue weighted by Gasteiger charge is 2.39. The molecule has 15 heavy (non-hydrogen) atoms. The molecule has 0 radical (unpaired) electrons.